The van der Waals surface area contributed by atoms with Crippen molar-refractivity contribution in [1.29, 1.82) is 0 Å². The number of nitrogens with one attached hydrogen (secondary N) is 1. The Labute approximate surface area is 123 Å². The molecule has 0 aliphatic heterocycles. The van der Waals surface area contributed by atoms with E-state index in [1.165, 1.54) is 43.2 Å². The predicted molar refractivity (Wildman–Crippen MR) is 85.8 cm³/mol. The van der Waals surface area contributed by atoms with Crippen LogP contribution in [0.4, 0.5) is 0 Å². The van der Waals surface area contributed by atoms with Crippen molar-refractivity contribution < 1.29 is 4.42 Å². The zero-order valence-electron chi connectivity index (χ0n) is 13.5. The average Bonchev–Trinajstić information content (AvgIpc) is 2.80. The Balaban J connectivity index is 2.14. The number of hydrogen-bond donors (Lipinski definition) is 1. The summed E-state index contributed by atoms with van der Waals surface area (Å²) in [6.07, 6.45) is 10.9. The third kappa shape index (κ3) is 4.52. The maximum atomic E-state index is 5.61. The van der Waals surface area contributed by atoms with Crippen LogP contribution in [0.15, 0.2) is 22.3 Å². The molecule has 20 heavy (non-hydrogen) atoms. The molecule has 1 aliphatic carbocycles. The predicted octanol–water partition coefficient (Wildman–Crippen LogP) is 4.94. The van der Waals surface area contributed by atoms with Gasteiger partial charge < -0.3 is 9.73 Å². The van der Waals surface area contributed by atoms with E-state index in [1.807, 2.05) is 6.07 Å². The molecule has 1 heterocycles. The Bertz CT molecular complexity index is 444. The standard InChI is InChI=1S/C18H29NO/c1-14-10-11-20-17(14)12-16(13-19-18(2,3)4)15-8-6-5-7-9-15/h10-12,15,19H,5-9,13H2,1-4H3/b16-12-. The summed E-state index contributed by atoms with van der Waals surface area (Å²) in [6.45, 7) is 9.76. The highest BCUT2D eigenvalue weighted by atomic mass is 16.3. The Morgan fingerprint density at radius 3 is 2.55 bits per heavy atom. The van der Waals surface area contributed by atoms with Gasteiger partial charge in [-0.25, -0.2) is 0 Å². The maximum absolute atomic E-state index is 5.61. The maximum Gasteiger partial charge on any atom is 0.129 e. The van der Waals surface area contributed by atoms with Gasteiger partial charge in [0.1, 0.15) is 5.76 Å². The van der Waals surface area contributed by atoms with Crippen molar-refractivity contribution in [2.75, 3.05) is 6.54 Å². The first-order valence-electron chi connectivity index (χ1n) is 7.95. The minimum Gasteiger partial charge on any atom is -0.465 e. The molecule has 1 N–H and O–H groups in total. The third-order valence-corrected chi connectivity index (χ3v) is 4.17. The molecule has 0 radical (unpaired) electrons. The summed E-state index contributed by atoms with van der Waals surface area (Å²) in [7, 11) is 0. The monoisotopic (exact) mass is 275 g/mol. The quantitative estimate of drug-likeness (QED) is 0.842. The summed E-state index contributed by atoms with van der Waals surface area (Å²) in [5.74, 6) is 1.75. The Hall–Kier alpha value is -1.02. The van der Waals surface area contributed by atoms with Crippen LogP contribution in [0, 0.1) is 12.8 Å². The van der Waals surface area contributed by atoms with Gasteiger partial charge in [-0.3, -0.25) is 0 Å². The molecule has 2 nitrogen and oxygen atoms in total. The van der Waals surface area contributed by atoms with E-state index in [4.69, 9.17) is 4.42 Å². The van der Waals surface area contributed by atoms with E-state index in [0.717, 1.165) is 18.2 Å². The van der Waals surface area contributed by atoms with Crippen molar-refractivity contribution in [2.45, 2.75) is 65.3 Å². The van der Waals surface area contributed by atoms with Gasteiger partial charge in [-0.15, -0.1) is 0 Å². The highest BCUT2D eigenvalue weighted by Gasteiger charge is 2.20. The molecule has 0 spiro atoms. The van der Waals surface area contributed by atoms with E-state index in [2.05, 4.69) is 39.1 Å². The van der Waals surface area contributed by atoms with Crippen molar-refractivity contribution >= 4 is 6.08 Å². The fourth-order valence-electron chi connectivity index (χ4n) is 2.85. The van der Waals surface area contributed by atoms with Gasteiger partial charge in [0.2, 0.25) is 0 Å². The largest absolute Gasteiger partial charge is 0.465 e. The third-order valence-electron chi connectivity index (χ3n) is 4.17. The smallest absolute Gasteiger partial charge is 0.129 e. The van der Waals surface area contributed by atoms with Crippen LogP contribution in [0.3, 0.4) is 0 Å². The minimum absolute atomic E-state index is 0.159. The first kappa shape index (κ1) is 15.4. The molecular weight excluding hydrogens is 246 g/mol. The van der Waals surface area contributed by atoms with Crippen molar-refractivity contribution in [2.24, 2.45) is 5.92 Å². The zero-order chi connectivity index (χ0) is 14.6. The van der Waals surface area contributed by atoms with Gasteiger partial charge >= 0.3 is 0 Å². The summed E-state index contributed by atoms with van der Waals surface area (Å²) in [6, 6.07) is 2.04. The Morgan fingerprint density at radius 1 is 1.30 bits per heavy atom. The van der Waals surface area contributed by atoms with Gasteiger partial charge in [-0.1, -0.05) is 19.3 Å². The van der Waals surface area contributed by atoms with Crippen LogP contribution in [-0.4, -0.2) is 12.1 Å². The second kappa shape index (κ2) is 6.62. The van der Waals surface area contributed by atoms with Crippen LogP contribution in [0.25, 0.3) is 6.08 Å². The second-order valence-electron chi connectivity index (χ2n) is 7.13. The molecule has 2 heteroatoms. The number of furan rings is 1. The molecule has 1 aromatic heterocycles. The molecule has 0 bridgehead atoms. The van der Waals surface area contributed by atoms with Crippen molar-refractivity contribution in [1.82, 2.24) is 5.32 Å². The number of rotatable bonds is 4. The Morgan fingerprint density at radius 2 is 2.00 bits per heavy atom. The first-order valence-corrected chi connectivity index (χ1v) is 7.95. The first-order chi connectivity index (χ1) is 9.46. The summed E-state index contributed by atoms with van der Waals surface area (Å²) < 4.78 is 5.61. The summed E-state index contributed by atoms with van der Waals surface area (Å²) >= 11 is 0. The summed E-state index contributed by atoms with van der Waals surface area (Å²) in [5, 5.41) is 3.64. The SMILES string of the molecule is Cc1ccoc1/C=C(/CNC(C)(C)C)C1CCCCC1. The van der Waals surface area contributed by atoms with E-state index in [9.17, 15) is 0 Å². The Kier molecular flexibility index (Phi) is 5.09. The molecule has 1 aromatic rings. The normalized spacial score (nSPS) is 18.5. The van der Waals surface area contributed by atoms with Crippen molar-refractivity contribution in [3.63, 3.8) is 0 Å². The minimum atomic E-state index is 0.159. The highest BCUT2D eigenvalue weighted by Crippen LogP contribution is 2.31. The molecule has 1 fully saturated rings. The lowest BCUT2D eigenvalue weighted by Crippen LogP contribution is -2.38. The lowest BCUT2D eigenvalue weighted by molar-refractivity contribution is 0.377. The molecule has 1 saturated carbocycles. The molecule has 0 amide bonds. The highest BCUT2D eigenvalue weighted by molar-refractivity contribution is 5.52. The topological polar surface area (TPSA) is 25.2 Å². The number of aryl methyl sites for hydroxylation is 1. The fourth-order valence-corrected chi connectivity index (χ4v) is 2.85. The van der Waals surface area contributed by atoms with E-state index in [0.29, 0.717) is 0 Å². The summed E-state index contributed by atoms with van der Waals surface area (Å²) in [5.41, 5.74) is 2.90. The van der Waals surface area contributed by atoms with Gasteiger partial charge in [0.25, 0.3) is 0 Å². The van der Waals surface area contributed by atoms with Gasteiger partial charge in [-0.05, 0) is 69.7 Å². The van der Waals surface area contributed by atoms with Gasteiger partial charge in [0.15, 0.2) is 0 Å². The second-order valence-corrected chi connectivity index (χ2v) is 7.13. The lowest BCUT2D eigenvalue weighted by Gasteiger charge is -2.28. The molecule has 0 unspecified atom stereocenters. The number of hydrogen-bond acceptors (Lipinski definition) is 2. The molecule has 0 saturated heterocycles. The average molecular weight is 275 g/mol. The molecular formula is C18H29NO. The van der Waals surface area contributed by atoms with Gasteiger partial charge in [0, 0.05) is 12.1 Å². The van der Waals surface area contributed by atoms with E-state index in [1.54, 1.807) is 6.26 Å². The van der Waals surface area contributed by atoms with Crippen LogP contribution in [0.1, 0.15) is 64.2 Å². The van der Waals surface area contributed by atoms with Crippen LogP contribution < -0.4 is 5.32 Å². The van der Waals surface area contributed by atoms with Crippen LogP contribution in [0.5, 0.6) is 0 Å². The van der Waals surface area contributed by atoms with Crippen LogP contribution in [-0.2, 0) is 0 Å². The molecule has 2 rings (SSSR count). The zero-order valence-corrected chi connectivity index (χ0v) is 13.5. The molecule has 0 aromatic carbocycles. The van der Waals surface area contributed by atoms with Crippen LogP contribution >= 0.6 is 0 Å². The molecule has 1 aliphatic rings. The molecule has 112 valence electrons. The van der Waals surface area contributed by atoms with Crippen molar-refractivity contribution in [3.05, 3.63) is 29.2 Å². The fraction of sp³-hybridized carbons (Fsp3) is 0.667. The lowest BCUT2D eigenvalue weighted by atomic mass is 9.83. The van der Waals surface area contributed by atoms with Gasteiger partial charge in [0.05, 0.1) is 6.26 Å². The van der Waals surface area contributed by atoms with Gasteiger partial charge in [-0.2, -0.15) is 0 Å². The van der Waals surface area contributed by atoms with Crippen LogP contribution in [0.2, 0.25) is 0 Å². The van der Waals surface area contributed by atoms with E-state index >= 15 is 0 Å². The van der Waals surface area contributed by atoms with E-state index < -0.39 is 0 Å². The summed E-state index contributed by atoms with van der Waals surface area (Å²) in [4.78, 5) is 0. The molecule has 0 atom stereocenters. The van der Waals surface area contributed by atoms with E-state index in [-0.39, 0.29) is 5.54 Å². The van der Waals surface area contributed by atoms with Crippen molar-refractivity contribution in [3.8, 4) is 0 Å².